The molecule has 30 heavy (non-hydrogen) atoms. The van der Waals surface area contributed by atoms with Crippen LogP contribution in [0.4, 0.5) is 0 Å². The van der Waals surface area contributed by atoms with Crippen LogP contribution < -0.4 is 10.1 Å². The fraction of sp³-hybridized carbons (Fsp3) is 0.480. The van der Waals surface area contributed by atoms with E-state index in [0.717, 1.165) is 37.9 Å². The first kappa shape index (κ1) is 21.2. The van der Waals surface area contributed by atoms with E-state index in [-0.39, 0.29) is 11.5 Å². The molecule has 0 unspecified atom stereocenters. The summed E-state index contributed by atoms with van der Waals surface area (Å²) in [6.07, 6.45) is 4.04. The molecule has 0 spiro atoms. The fourth-order valence-corrected chi connectivity index (χ4v) is 4.85. The van der Waals surface area contributed by atoms with E-state index < -0.39 is 0 Å². The molecule has 0 fully saturated rings. The number of nitrogens with one attached hydrogen (secondary N) is 1. The molecule has 2 aromatic carbocycles. The van der Waals surface area contributed by atoms with Gasteiger partial charge in [-0.05, 0) is 56.5 Å². The lowest BCUT2D eigenvalue weighted by atomic mass is 9.93. The van der Waals surface area contributed by atoms with Gasteiger partial charge in [-0.2, -0.15) is 0 Å². The van der Waals surface area contributed by atoms with Crippen molar-refractivity contribution in [2.45, 2.75) is 64.6 Å². The van der Waals surface area contributed by atoms with Crippen molar-refractivity contribution in [2.24, 2.45) is 0 Å². The molecule has 0 saturated carbocycles. The zero-order chi connectivity index (χ0) is 21.3. The number of carbonyl (C=O) groups is 1. The third kappa shape index (κ3) is 4.50. The molecule has 4 nitrogen and oxygen atoms in total. The van der Waals surface area contributed by atoms with Gasteiger partial charge in [0.1, 0.15) is 11.4 Å². The second-order valence-corrected chi connectivity index (χ2v) is 9.58. The van der Waals surface area contributed by atoms with Gasteiger partial charge < -0.3 is 10.1 Å². The number of amides is 1. The highest BCUT2D eigenvalue weighted by Gasteiger charge is 2.34. The average molecular weight is 427 g/mol. The van der Waals surface area contributed by atoms with Crippen LogP contribution in [0.3, 0.4) is 0 Å². The molecular formula is C25H31ClN2O2. The van der Waals surface area contributed by atoms with E-state index in [4.69, 9.17) is 16.3 Å². The summed E-state index contributed by atoms with van der Waals surface area (Å²) in [6.45, 7) is 8.90. The maximum absolute atomic E-state index is 13.1. The molecule has 1 amide bonds. The third-order valence-electron chi connectivity index (χ3n) is 6.13. The first-order valence-electron chi connectivity index (χ1n) is 11.0. The third-order valence-corrected chi connectivity index (χ3v) is 6.35. The van der Waals surface area contributed by atoms with Crippen molar-refractivity contribution in [3.8, 4) is 5.75 Å². The Kier molecular flexibility index (Phi) is 6.08. The Morgan fingerprint density at radius 3 is 2.77 bits per heavy atom. The van der Waals surface area contributed by atoms with Gasteiger partial charge in [0, 0.05) is 36.1 Å². The first-order chi connectivity index (χ1) is 14.4. The Labute approximate surface area is 184 Å². The van der Waals surface area contributed by atoms with Crippen molar-refractivity contribution in [3.05, 3.63) is 63.7 Å². The molecule has 160 valence electrons. The molecular weight excluding hydrogens is 396 g/mol. The first-order valence-corrected chi connectivity index (χ1v) is 11.3. The van der Waals surface area contributed by atoms with E-state index in [9.17, 15) is 4.79 Å². The van der Waals surface area contributed by atoms with Crippen molar-refractivity contribution in [3.63, 3.8) is 0 Å². The highest BCUT2D eigenvalue weighted by Crippen LogP contribution is 2.39. The van der Waals surface area contributed by atoms with Crippen LogP contribution in [0.5, 0.6) is 5.75 Å². The topological polar surface area (TPSA) is 41.6 Å². The Morgan fingerprint density at radius 2 is 2.00 bits per heavy atom. The molecule has 2 heterocycles. The van der Waals surface area contributed by atoms with Crippen LogP contribution in [0.25, 0.3) is 0 Å². The number of ether oxygens (including phenoxy) is 1. The maximum Gasteiger partial charge on any atom is 0.255 e. The SMILES string of the molecule is CCCCN1Cc2ccccc2C[C@H]1CNC(=O)c1cc(Cl)cc2c1OC(C)(C)C2. The minimum absolute atomic E-state index is 0.110. The van der Waals surface area contributed by atoms with Crippen LogP contribution in [0, 0.1) is 0 Å². The predicted octanol–water partition coefficient (Wildman–Crippen LogP) is 5.01. The van der Waals surface area contributed by atoms with Gasteiger partial charge in [0.05, 0.1) is 5.56 Å². The molecule has 1 N–H and O–H groups in total. The van der Waals surface area contributed by atoms with Gasteiger partial charge >= 0.3 is 0 Å². The Hall–Kier alpha value is -2.04. The van der Waals surface area contributed by atoms with Crippen molar-refractivity contribution in [2.75, 3.05) is 13.1 Å². The monoisotopic (exact) mass is 426 g/mol. The minimum Gasteiger partial charge on any atom is -0.486 e. The lowest BCUT2D eigenvalue weighted by Crippen LogP contribution is -2.47. The van der Waals surface area contributed by atoms with E-state index in [1.165, 1.54) is 17.5 Å². The molecule has 0 saturated heterocycles. The van der Waals surface area contributed by atoms with Gasteiger partial charge in [-0.1, -0.05) is 49.2 Å². The smallest absolute Gasteiger partial charge is 0.255 e. The van der Waals surface area contributed by atoms with Crippen molar-refractivity contribution >= 4 is 17.5 Å². The summed E-state index contributed by atoms with van der Waals surface area (Å²) in [7, 11) is 0. The number of unbranched alkanes of at least 4 members (excludes halogenated alkanes) is 1. The number of fused-ring (bicyclic) bond motifs is 2. The summed E-state index contributed by atoms with van der Waals surface area (Å²) in [4.78, 5) is 15.6. The van der Waals surface area contributed by atoms with E-state index in [2.05, 4.69) is 41.4 Å². The average Bonchev–Trinajstić information content (AvgIpc) is 3.02. The van der Waals surface area contributed by atoms with Gasteiger partial charge in [0.25, 0.3) is 5.91 Å². The minimum atomic E-state index is -0.313. The molecule has 0 radical (unpaired) electrons. The van der Waals surface area contributed by atoms with Gasteiger partial charge in [-0.15, -0.1) is 0 Å². The Balaban J connectivity index is 1.49. The molecule has 4 rings (SSSR count). The zero-order valence-electron chi connectivity index (χ0n) is 18.1. The Morgan fingerprint density at radius 1 is 1.23 bits per heavy atom. The largest absolute Gasteiger partial charge is 0.486 e. The highest BCUT2D eigenvalue weighted by atomic mass is 35.5. The standard InChI is InChI=1S/C25H31ClN2O2/c1-4-5-10-28-16-18-9-7-6-8-17(18)12-21(28)15-27-24(29)22-13-20(26)11-19-14-25(2,3)30-23(19)22/h6-9,11,13,21H,4-5,10,12,14-16H2,1-3H3,(H,27,29)/t21-/m0/s1. The summed E-state index contributed by atoms with van der Waals surface area (Å²) in [5.74, 6) is 0.569. The van der Waals surface area contributed by atoms with Crippen LogP contribution in [-0.4, -0.2) is 35.5 Å². The van der Waals surface area contributed by atoms with Crippen molar-refractivity contribution < 1.29 is 9.53 Å². The second kappa shape index (κ2) is 8.60. The Bertz CT molecular complexity index is 941. The lowest BCUT2D eigenvalue weighted by molar-refractivity contribution is 0.0911. The predicted molar refractivity (Wildman–Crippen MR) is 121 cm³/mol. The number of rotatable bonds is 6. The molecule has 5 heteroatoms. The van der Waals surface area contributed by atoms with E-state index in [0.29, 0.717) is 28.9 Å². The number of hydrogen-bond donors (Lipinski definition) is 1. The van der Waals surface area contributed by atoms with E-state index in [1.54, 1.807) is 6.07 Å². The van der Waals surface area contributed by atoms with Crippen molar-refractivity contribution in [1.29, 1.82) is 0 Å². The van der Waals surface area contributed by atoms with E-state index in [1.807, 2.05) is 19.9 Å². The fourth-order valence-electron chi connectivity index (χ4n) is 4.61. The quantitative estimate of drug-likeness (QED) is 0.705. The molecule has 0 aliphatic carbocycles. The molecule has 0 bridgehead atoms. The van der Waals surface area contributed by atoms with Crippen LogP contribution in [0.15, 0.2) is 36.4 Å². The van der Waals surface area contributed by atoms with Crippen LogP contribution in [-0.2, 0) is 19.4 Å². The summed E-state index contributed by atoms with van der Waals surface area (Å²) in [5, 5.41) is 3.75. The van der Waals surface area contributed by atoms with Gasteiger partial charge in [0.15, 0.2) is 0 Å². The number of benzene rings is 2. The van der Waals surface area contributed by atoms with E-state index >= 15 is 0 Å². The van der Waals surface area contributed by atoms with Gasteiger partial charge in [-0.25, -0.2) is 0 Å². The second-order valence-electron chi connectivity index (χ2n) is 9.14. The molecule has 1 atom stereocenters. The normalized spacial score (nSPS) is 19.7. The molecule has 0 aromatic heterocycles. The summed E-state index contributed by atoms with van der Waals surface area (Å²) < 4.78 is 6.08. The summed E-state index contributed by atoms with van der Waals surface area (Å²) in [6, 6.07) is 12.6. The summed E-state index contributed by atoms with van der Waals surface area (Å²) in [5.41, 5.74) is 4.03. The number of nitrogens with zero attached hydrogens (tertiary/aromatic N) is 1. The summed E-state index contributed by atoms with van der Waals surface area (Å²) >= 11 is 6.31. The molecule has 2 aromatic rings. The van der Waals surface area contributed by atoms with Gasteiger partial charge in [-0.3, -0.25) is 9.69 Å². The number of carbonyl (C=O) groups excluding carboxylic acids is 1. The van der Waals surface area contributed by atoms with Crippen LogP contribution in [0.1, 0.15) is 60.7 Å². The number of hydrogen-bond acceptors (Lipinski definition) is 3. The zero-order valence-corrected chi connectivity index (χ0v) is 18.9. The molecule has 2 aliphatic heterocycles. The van der Waals surface area contributed by atoms with Gasteiger partial charge in [0.2, 0.25) is 0 Å². The maximum atomic E-state index is 13.1. The van der Waals surface area contributed by atoms with Crippen LogP contribution >= 0.6 is 11.6 Å². The van der Waals surface area contributed by atoms with Crippen LogP contribution in [0.2, 0.25) is 5.02 Å². The highest BCUT2D eigenvalue weighted by molar-refractivity contribution is 6.31. The number of halogens is 1. The molecule has 2 aliphatic rings. The van der Waals surface area contributed by atoms with Crippen molar-refractivity contribution in [1.82, 2.24) is 10.2 Å². The lowest BCUT2D eigenvalue weighted by Gasteiger charge is -2.37.